The van der Waals surface area contributed by atoms with E-state index in [1.54, 1.807) is 12.4 Å². The van der Waals surface area contributed by atoms with Crippen LogP contribution in [-0.4, -0.2) is 17.7 Å². The molecule has 0 aliphatic heterocycles. The lowest BCUT2D eigenvalue weighted by Crippen LogP contribution is -1.96. The van der Waals surface area contributed by atoms with Crippen molar-refractivity contribution >= 4 is 23.4 Å². The van der Waals surface area contributed by atoms with E-state index in [1.807, 2.05) is 12.1 Å². The van der Waals surface area contributed by atoms with Crippen LogP contribution in [-0.2, 0) is 0 Å². The molecule has 92 valence electrons. The Kier molecular flexibility index (Phi) is 5.70. The Morgan fingerprint density at radius 3 is 2.94 bits per heavy atom. The Labute approximate surface area is 107 Å². The van der Waals surface area contributed by atoms with E-state index >= 15 is 0 Å². The molecule has 0 radical (unpaired) electrons. The van der Waals surface area contributed by atoms with Gasteiger partial charge in [-0.15, -0.1) is 0 Å². The molecule has 0 saturated carbocycles. The number of aliphatic imine (C=N–C) groups is 1. The molecule has 0 saturated heterocycles. The number of pyridine rings is 1. The molecule has 0 amide bonds. The van der Waals surface area contributed by atoms with Gasteiger partial charge in [-0.2, -0.15) is 0 Å². The SMILES string of the molecule is CC(C)CCN=C/C(=C\N)c1cccnc1Cl. The van der Waals surface area contributed by atoms with Crippen molar-refractivity contribution in [3.8, 4) is 0 Å². The monoisotopic (exact) mass is 251 g/mol. The van der Waals surface area contributed by atoms with E-state index in [9.17, 15) is 0 Å². The van der Waals surface area contributed by atoms with Gasteiger partial charge in [-0.05, 0) is 24.5 Å². The highest BCUT2D eigenvalue weighted by Crippen LogP contribution is 2.19. The van der Waals surface area contributed by atoms with Gasteiger partial charge in [0.15, 0.2) is 0 Å². The van der Waals surface area contributed by atoms with Gasteiger partial charge in [0.2, 0.25) is 0 Å². The predicted octanol–water partition coefficient (Wildman–Crippen LogP) is 3.15. The summed E-state index contributed by atoms with van der Waals surface area (Å²) in [4.78, 5) is 8.35. The van der Waals surface area contributed by atoms with Crippen molar-refractivity contribution in [2.45, 2.75) is 20.3 Å². The zero-order valence-corrected chi connectivity index (χ0v) is 11.0. The molecule has 1 aromatic heterocycles. The molecule has 0 aromatic carbocycles. The number of rotatable bonds is 5. The number of nitrogens with two attached hydrogens (primary N) is 1. The van der Waals surface area contributed by atoms with Crippen LogP contribution in [0.3, 0.4) is 0 Å². The van der Waals surface area contributed by atoms with Crippen molar-refractivity contribution < 1.29 is 0 Å². The standard InChI is InChI=1S/C13H18ClN3/c1-10(2)5-7-16-9-11(8-15)12-4-3-6-17-13(12)14/h3-4,6,8-10H,5,7,15H2,1-2H3/b11-8+,16-9?. The highest BCUT2D eigenvalue weighted by molar-refractivity contribution is 6.32. The minimum Gasteiger partial charge on any atom is -0.404 e. The van der Waals surface area contributed by atoms with Crippen LogP contribution in [0.1, 0.15) is 25.8 Å². The third-order valence-corrected chi connectivity index (χ3v) is 2.62. The smallest absolute Gasteiger partial charge is 0.136 e. The fourth-order valence-corrected chi connectivity index (χ4v) is 1.53. The molecular formula is C13H18ClN3. The first-order valence-corrected chi connectivity index (χ1v) is 6.05. The third-order valence-electron chi connectivity index (χ3n) is 2.32. The molecule has 1 heterocycles. The van der Waals surface area contributed by atoms with Gasteiger partial charge >= 0.3 is 0 Å². The summed E-state index contributed by atoms with van der Waals surface area (Å²) in [5.41, 5.74) is 7.18. The van der Waals surface area contributed by atoms with E-state index in [-0.39, 0.29) is 0 Å². The Morgan fingerprint density at radius 1 is 1.59 bits per heavy atom. The van der Waals surface area contributed by atoms with Gasteiger partial charge in [0.25, 0.3) is 0 Å². The van der Waals surface area contributed by atoms with Crippen molar-refractivity contribution in [1.82, 2.24) is 4.98 Å². The van der Waals surface area contributed by atoms with Crippen molar-refractivity contribution in [3.05, 3.63) is 35.2 Å². The summed E-state index contributed by atoms with van der Waals surface area (Å²) in [7, 11) is 0. The summed E-state index contributed by atoms with van der Waals surface area (Å²) in [5, 5.41) is 0.444. The molecule has 1 aromatic rings. The minimum atomic E-state index is 0.444. The lowest BCUT2D eigenvalue weighted by atomic mass is 10.1. The first-order valence-electron chi connectivity index (χ1n) is 5.67. The average molecular weight is 252 g/mol. The van der Waals surface area contributed by atoms with Crippen LogP contribution >= 0.6 is 11.6 Å². The lowest BCUT2D eigenvalue weighted by molar-refractivity contribution is 0.598. The van der Waals surface area contributed by atoms with Crippen LogP contribution < -0.4 is 5.73 Å². The second kappa shape index (κ2) is 7.07. The zero-order chi connectivity index (χ0) is 12.7. The molecule has 17 heavy (non-hydrogen) atoms. The number of hydrogen-bond acceptors (Lipinski definition) is 3. The quantitative estimate of drug-likeness (QED) is 0.646. The van der Waals surface area contributed by atoms with Crippen LogP contribution in [0.15, 0.2) is 29.5 Å². The Balaban J connectivity index is 2.71. The maximum absolute atomic E-state index is 5.99. The lowest BCUT2D eigenvalue weighted by Gasteiger charge is -2.03. The molecular weight excluding hydrogens is 234 g/mol. The van der Waals surface area contributed by atoms with E-state index in [1.165, 1.54) is 6.20 Å². The molecule has 4 heteroatoms. The largest absolute Gasteiger partial charge is 0.404 e. The molecule has 0 unspecified atom stereocenters. The van der Waals surface area contributed by atoms with Crippen molar-refractivity contribution in [1.29, 1.82) is 0 Å². The van der Waals surface area contributed by atoms with Gasteiger partial charge in [0.05, 0.1) is 0 Å². The van der Waals surface area contributed by atoms with Crippen LogP contribution in [0.25, 0.3) is 5.57 Å². The van der Waals surface area contributed by atoms with Crippen molar-refractivity contribution in [2.75, 3.05) is 6.54 Å². The van der Waals surface area contributed by atoms with Crippen LogP contribution in [0, 0.1) is 5.92 Å². The fraction of sp³-hybridized carbons (Fsp3) is 0.385. The topological polar surface area (TPSA) is 51.3 Å². The number of halogens is 1. The van der Waals surface area contributed by atoms with E-state index in [0.29, 0.717) is 11.1 Å². The summed E-state index contributed by atoms with van der Waals surface area (Å²) in [6, 6.07) is 3.70. The molecule has 0 aliphatic rings. The van der Waals surface area contributed by atoms with Crippen molar-refractivity contribution in [3.63, 3.8) is 0 Å². The van der Waals surface area contributed by atoms with E-state index in [0.717, 1.165) is 24.1 Å². The summed E-state index contributed by atoms with van der Waals surface area (Å²) in [6.45, 7) is 5.15. The summed E-state index contributed by atoms with van der Waals surface area (Å²) in [5.74, 6) is 0.652. The molecule has 1 rings (SSSR count). The average Bonchev–Trinajstić information content (AvgIpc) is 2.30. The van der Waals surface area contributed by atoms with Gasteiger partial charge in [-0.1, -0.05) is 25.4 Å². The highest BCUT2D eigenvalue weighted by Gasteiger charge is 2.03. The Morgan fingerprint density at radius 2 is 2.35 bits per heavy atom. The normalized spacial score (nSPS) is 12.6. The Hall–Kier alpha value is -1.35. The maximum Gasteiger partial charge on any atom is 0.136 e. The van der Waals surface area contributed by atoms with Crippen molar-refractivity contribution in [2.24, 2.45) is 16.6 Å². The van der Waals surface area contributed by atoms with Gasteiger partial charge in [0.1, 0.15) is 5.15 Å². The number of nitrogens with zero attached hydrogens (tertiary/aromatic N) is 2. The van der Waals surface area contributed by atoms with E-state index < -0.39 is 0 Å². The van der Waals surface area contributed by atoms with Gasteiger partial charge in [0, 0.05) is 36.3 Å². The Bertz CT molecular complexity index is 411. The van der Waals surface area contributed by atoms with E-state index in [4.69, 9.17) is 17.3 Å². The molecule has 2 N–H and O–H groups in total. The van der Waals surface area contributed by atoms with Gasteiger partial charge in [-0.25, -0.2) is 4.98 Å². The van der Waals surface area contributed by atoms with Crippen LogP contribution in [0.2, 0.25) is 5.15 Å². The molecule has 0 fully saturated rings. The van der Waals surface area contributed by atoms with Gasteiger partial charge < -0.3 is 5.73 Å². The van der Waals surface area contributed by atoms with Gasteiger partial charge in [-0.3, -0.25) is 4.99 Å². The van der Waals surface area contributed by atoms with E-state index in [2.05, 4.69) is 23.8 Å². The number of allylic oxidation sites excluding steroid dienone is 1. The molecule has 0 aliphatic carbocycles. The zero-order valence-electron chi connectivity index (χ0n) is 10.2. The molecule has 0 bridgehead atoms. The maximum atomic E-state index is 5.99. The summed E-state index contributed by atoms with van der Waals surface area (Å²) < 4.78 is 0. The molecule has 3 nitrogen and oxygen atoms in total. The molecule has 0 spiro atoms. The highest BCUT2D eigenvalue weighted by atomic mass is 35.5. The predicted molar refractivity (Wildman–Crippen MR) is 74.2 cm³/mol. The minimum absolute atomic E-state index is 0.444. The third kappa shape index (κ3) is 4.57. The van der Waals surface area contributed by atoms with Crippen LogP contribution in [0.5, 0.6) is 0 Å². The number of hydrogen-bond donors (Lipinski definition) is 1. The summed E-state index contributed by atoms with van der Waals surface area (Å²) >= 11 is 5.99. The van der Waals surface area contributed by atoms with Crippen LogP contribution in [0.4, 0.5) is 0 Å². The second-order valence-electron chi connectivity index (χ2n) is 4.18. The second-order valence-corrected chi connectivity index (χ2v) is 4.54. The summed E-state index contributed by atoms with van der Waals surface area (Å²) in [6.07, 6.45) is 5.97. The first kappa shape index (κ1) is 13.7. The molecule has 0 atom stereocenters. The fourth-order valence-electron chi connectivity index (χ4n) is 1.30. The first-order chi connectivity index (χ1) is 8.15. The number of aromatic nitrogens is 1.